The van der Waals surface area contributed by atoms with E-state index in [1.165, 1.54) is 5.56 Å². The third-order valence-corrected chi connectivity index (χ3v) is 10.1. The molecule has 52 heavy (non-hydrogen) atoms. The minimum absolute atomic E-state index is 0. The largest absolute Gasteiger partial charge is 0.505 e. The van der Waals surface area contributed by atoms with Gasteiger partial charge < -0.3 is 14.9 Å². The number of aromatic nitrogens is 2. The van der Waals surface area contributed by atoms with Crippen molar-refractivity contribution in [3.63, 3.8) is 0 Å². The van der Waals surface area contributed by atoms with Crippen molar-refractivity contribution in [2.24, 2.45) is 0 Å². The fourth-order valence-electron chi connectivity index (χ4n) is 7.64. The molecule has 9 rings (SSSR count). The summed E-state index contributed by atoms with van der Waals surface area (Å²) in [5, 5.41) is 14.0. The van der Waals surface area contributed by atoms with Crippen LogP contribution >= 0.6 is 0 Å². The summed E-state index contributed by atoms with van der Waals surface area (Å²) in [5.74, 6) is 1.00. The summed E-state index contributed by atoms with van der Waals surface area (Å²) in [6.07, 6.45) is 0. The second kappa shape index (κ2) is 13.1. The molecule has 0 radical (unpaired) electrons. The van der Waals surface area contributed by atoms with E-state index in [-0.39, 0.29) is 26.8 Å². The van der Waals surface area contributed by atoms with E-state index in [1.807, 2.05) is 30.3 Å². The molecule has 1 N–H and O–H groups in total. The summed E-state index contributed by atoms with van der Waals surface area (Å²) in [7, 11) is 2.09. The number of pyridine rings is 2. The molecule has 0 saturated carbocycles. The Morgan fingerprint density at radius 3 is 2.12 bits per heavy atom. The van der Waals surface area contributed by atoms with Crippen LogP contribution in [-0.2, 0) is 21.1 Å². The number of aromatic hydroxyl groups is 1. The van der Waals surface area contributed by atoms with Crippen LogP contribution in [0.1, 0.15) is 16.7 Å². The van der Waals surface area contributed by atoms with Crippen LogP contribution in [0.25, 0.3) is 55.3 Å². The molecule has 6 aromatic carbocycles. The Labute approximate surface area is 318 Å². The van der Waals surface area contributed by atoms with E-state index < -0.39 is 0 Å². The van der Waals surface area contributed by atoms with Crippen molar-refractivity contribution in [1.29, 1.82) is 0 Å². The number of benzene rings is 6. The van der Waals surface area contributed by atoms with Crippen molar-refractivity contribution in [2.45, 2.75) is 20.8 Å². The van der Waals surface area contributed by atoms with Crippen molar-refractivity contribution < 1.29 is 26.2 Å². The molecule has 3 heterocycles. The predicted octanol–water partition coefficient (Wildman–Crippen LogP) is 11.8. The average Bonchev–Trinajstić information content (AvgIpc) is 3.16. The maximum atomic E-state index is 12.0. The minimum atomic E-state index is 0. The number of para-hydroxylation sites is 3. The average molecular weight is 855 g/mol. The summed E-state index contributed by atoms with van der Waals surface area (Å²) < 4.78 is 0. The van der Waals surface area contributed by atoms with Gasteiger partial charge in [-0.1, -0.05) is 84.9 Å². The van der Waals surface area contributed by atoms with Crippen LogP contribution in [-0.4, -0.2) is 22.1 Å². The topological polar surface area (TPSA) is 52.5 Å². The molecule has 5 nitrogen and oxygen atoms in total. The third kappa shape index (κ3) is 5.44. The van der Waals surface area contributed by atoms with Gasteiger partial charge in [-0.3, -0.25) is 4.98 Å². The Bertz CT molecular complexity index is 2650. The summed E-state index contributed by atoms with van der Waals surface area (Å²) in [4.78, 5) is 14.6. The van der Waals surface area contributed by atoms with Gasteiger partial charge >= 0.3 is 0 Å². The number of fused-ring (bicyclic) bond motifs is 4. The van der Waals surface area contributed by atoms with Crippen LogP contribution in [0.5, 0.6) is 5.75 Å². The molecule has 0 spiro atoms. The third-order valence-electron chi connectivity index (χ3n) is 10.1. The maximum Gasteiger partial charge on any atom is 0.148 e. The van der Waals surface area contributed by atoms with E-state index in [2.05, 4.69) is 147 Å². The second-order valence-electron chi connectivity index (χ2n) is 13.4. The summed E-state index contributed by atoms with van der Waals surface area (Å²) in [6, 6.07) is 49.7. The molecule has 0 aliphatic carbocycles. The Morgan fingerprint density at radius 2 is 1.33 bits per heavy atom. The molecule has 0 bridgehead atoms. The van der Waals surface area contributed by atoms with Gasteiger partial charge in [-0.2, -0.15) is 0 Å². The number of phenols is 1. The van der Waals surface area contributed by atoms with Crippen molar-refractivity contribution in [1.82, 2.24) is 9.97 Å². The van der Waals surface area contributed by atoms with Gasteiger partial charge in [0.1, 0.15) is 17.1 Å². The number of anilines is 5. The van der Waals surface area contributed by atoms with E-state index in [0.717, 1.165) is 89.5 Å². The van der Waals surface area contributed by atoms with Gasteiger partial charge in [0.15, 0.2) is 0 Å². The molecule has 0 atom stereocenters. The van der Waals surface area contributed by atoms with Crippen LogP contribution in [0.3, 0.4) is 0 Å². The van der Waals surface area contributed by atoms with Crippen molar-refractivity contribution in [3.8, 4) is 39.3 Å². The molecular formula is C46H35N4OPt-. The van der Waals surface area contributed by atoms with Gasteiger partial charge in [-0.15, -0.1) is 23.8 Å². The quantitative estimate of drug-likeness (QED) is 0.179. The standard InChI is InChI=1S/C46H35N4O.Pt/c1-28-26-36(44-29(2)24-34(25-30(44)3)31-12-6-5-7-13-31)46(51)45-35(28)20-21-38(48-45)33-18-22-40-42(27-33)50(41-17-11-10-16-39(41)49(40)4)43-23-19-32-14-8-9-15-37(32)47-43;/h5-26,51H,1-4H3;/q-1;. The van der Waals surface area contributed by atoms with Crippen molar-refractivity contribution in [2.75, 3.05) is 16.8 Å². The zero-order valence-corrected chi connectivity index (χ0v) is 31.5. The second-order valence-corrected chi connectivity index (χ2v) is 13.4. The normalized spacial score (nSPS) is 12.1. The first-order chi connectivity index (χ1) is 24.9. The molecule has 0 unspecified atom stereocenters. The Morgan fingerprint density at radius 1 is 0.615 bits per heavy atom. The summed E-state index contributed by atoms with van der Waals surface area (Å²) in [5.41, 5.74) is 14.5. The van der Waals surface area contributed by atoms with Gasteiger partial charge in [-0.05, 0) is 108 Å². The smallest absolute Gasteiger partial charge is 0.148 e. The molecule has 0 fully saturated rings. The molecule has 1 aliphatic heterocycles. The number of aryl methyl sites for hydroxylation is 3. The Hall–Kier alpha value is -5.77. The summed E-state index contributed by atoms with van der Waals surface area (Å²) in [6.45, 7) is 6.32. The molecule has 6 heteroatoms. The molecule has 0 saturated heterocycles. The Balaban J connectivity index is 0.00000387. The first kappa shape index (κ1) is 33.4. The molecular weight excluding hydrogens is 820 g/mol. The zero-order chi connectivity index (χ0) is 34.8. The summed E-state index contributed by atoms with van der Waals surface area (Å²) >= 11 is 0. The molecule has 1 aliphatic rings. The van der Waals surface area contributed by atoms with Gasteiger partial charge in [0.2, 0.25) is 0 Å². The number of phenolic OH excluding ortho intramolecular Hbond substituents is 1. The Kier molecular flexibility index (Phi) is 8.40. The van der Waals surface area contributed by atoms with Gasteiger partial charge in [0, 0.05) is 44.4 Å². The predicted molar refractivity (Wildman–Crippen MR) is 211 cm³/mol. The maximum absolute atomic E-state index is 12.0. The van der Waals surface area contributed by atoms with Crippen LogP contribution in [0.2, 0.25) is 0 Å². The molecule has 0 amide bonds. The van der Waals surface area contributed by atoms with E-state index in [1.54, 1.807) is 0 Å². The van der Waals surface area contributed by atoms with Gasteiger partial charge in [0.05, 0.1) is 16.9 Å². The zero-order valence-electron chi connectivity index (χ0n) is 29.3. The van der Waals surface area contributed by atoms with Gasteiger partial charge in [0.25, 0.3) is 0 Å². The van der Waals surface area contributed by atoms with E-state index >= 15 is 0 Å². The first-order valence-electron chi connectivity index (χ1n) is 17.2. The molecule has 8 aromatic rings. The van der Waals surface area contributed by atoms with Gasteiger partial charge in [-0.25, -0.2) is 4.98 Å². The van der Waals surface area contributed by atoms with E-state index in [0.29, 0.717) is 5.52 Å². The number of rotatable bonds is 4. The minimum Gasteiger partial charge on any atom is -0.505 e. The van der Waals surface area contributed by atoms with Crippen LogP contribution in [0.4, 0.5) is 28.6 Å². The number of hydrogen-bond acceptors (Lipinski definition) is 5. The number of hydrogen-bond donors (Lipinski definition) is 1. The fourth-order valence-corrected chi connectivity index (χ4v) is 7.64. The van der Waals surface area contributed by atoms with Crippen LogP contribution < -0.4 is 9.80 Å². The molecule has 2 aromatic heterocycles. The van der Waals surface area contributed by atoms with Crippen molar-refractivity contribution in [3.05, 3.63) is 156 Å². The van der Waals surface area contributed by atoms with Crippen molar-refractivity contribution >= 4 is 50.4 Å². The van der Waals surface area contributed by atoms with E-state index in [9.17, 15) is 5.11 Å². The SMILES string of the molecule is Cc1cc(-c2ccccc2)cc(C)c1-c1cc(C)c2ccc(-c3[c-]c4c(cc3)N(C)c3ccccc3N4c3ccc4ccccc4n3)nc2c1O.[Pt]. The van der Waals surface area contributed by atoms with Crippen LogP contribution in [0, 0.1) is 26.8 Å². The monoisotopic (exact) mass is 854 g/mol. The number of nitrogens with zero attached hydrogens (tertiary/aromatic N) is 4. The first-order valence-corrected chi connectivity index (χ1v) is 17.2. The molecule has 256 valence electrons. The fraction of sp³-hybridized carbons (Fsp3) is 0.0870. The van der Waals surface area contributed by atoms with E-state index in [4.69, 9.17) is 9.97 Å². The van der Waals surface area contributed by atoms with Crippen LogP contribution in [0.15, 0.2) is 133 Å².